The van der Waals surface area contributed by atoms with E-state index in [1.54, 1.807) is 19.3 Å². The Hall–Kier alpha value is -1.54. The SMILES string of the molecule is CN=C(NCCCOc1ccccc1C)NCCc1ccc(Cl)nc1.I. The molecule has 1 aromatic carbocycles. The molecule has 0 bridgehead atoms. The summed E-state index contributed by atoms with van der Waals surface area (Å²) in [6, 6.07) is 11.8. The molecule has 2 N–H and O–H groups in total. The molecule has 0 aliphatic carbocycles. The number of aryl methyl sites for hydroxylation is 1. The third-order valence-electron chi connectivity index (χ3n) is 3.68. The Morgan fingerprint density at radius 1 is 1.15 bits per heavy atom. The second-order valence-electron chi connectivity index (χ2n) is 5.63. The van der Waals surface area contributed by atoms with Crippen molar-refractivity contribution in [1.82, 2.24) is 15.6 Å². The maximum Gasteiger partial charge on any atom is 0.190 e. The smallest absolute Gasteiger partial charge is 0.190 e. The van der Waals surface area contributed by atoms with Gasteiger partial charge in [0.1, 0.15) is 10.9 Å². The van der Waals surface area contributed by atoms with E-state index in [0.717, 1.165) is 48.8 Å². The van der Waals surface area contributed by atoms with Crippen molar-refractivity contribution in [2.24, 2.45) is 4.99 Å². The summed E-state index contributed by atoms with van der Waals surface area (Å²) in [5.74, 6) is 1.74. The average Bonchev–Trinajstić information content (AvgIpc) is 2.63. The van der Waals surface area contributed by atoms with E-state index in [-0.39, 0.29) is 24.0 Å². The second-order valence-corrected chi connectivity index (χ2v) is 6.02. The summed E-state index contributed by atoms with van der Waals surface area (Å²) in [6.45, 7) is 4.30. The van der Waals surface area contributed by atoms with E-state index in [4.69, 9.17) is 16.3 Å². The molecular weight excluding hydrogens is 463 g/mol. The van der Waals surface area contributed by atoms with Crippen molar-refractivity contribution >= 4 is 41.5 Å². The number of para-hydroxylation sites is 1. The lowest BCUT2D eigenvalue weighted by Crippen LogP contribution is -2.39. The molecule has 1 heterocycles. The highest BCUT2D eigenvalue weighted by atomic mass is 127. The van der Waals surface area contributed by atoms with E-state index in [1.807, 2.05) is 24.3 Å². The summed E-state index contributed by atoms with van der Waals surface area (Å²) >= 11 is 5.78. The van der Waals surface area contributed by atoms with E-state index >= 15 is 0 Å². The van der Waals surface area contributed by atoms with Gasteiger partial charge in [0, 0.05) is 26.3 Å². The van der Waals surface area contributed by atoms with Crippen LogP contribution in [0.25, 0.3) is 0 Å². The summed E-state index contributed by atoms with van der Waals surface area (Å²) in [5, 5.41) is 7.09. The van der Waals surface area contributed by atoms with Crippen molar-refractivity contribution < 1.29 is 4.74 Å². The first kappa shape index (κ1) is 22.5. The number of nitrogens with zero attached hydrogens (tertiary/aromatic N) is 2. The zero-order valence-electron chi connectivity index (χ0n) is 15.2. The Bertz CT molecular complexity index is 679. The Kier molecular flexibility index (Phi) is 11.0. The van der Waals surface area contributed by atoms with E-state index in [2.05, 4.69) is 33.6 Å². The summed E-state index contributed by atoms with van der Waals surface area (Å²) < 4.78 is 5.78. The van der Waals surface area contributed by atoms with Gasteiger partial charge in [0.25, 0.3) is 0 Å². The van der Waals surface area contributed by atoms with Gasteiger partial charge in [-0.3, -0.25) is 4.99 Å². The lowest BCUT2D eigenvalue weighted by Gasteiger charge is -2.12. The molecule has 0 amide bonds. The van der Waals surface area contributed by atoms with E-state index < -0.39 is 0 Å². The molecule has 1 aromatic heterocycles. The predicted octanol–water partition coefficient (Wildman–Crippen LogP) is 3.84. The molecule has 7 heteroatoms. The molecular formula is C19H26ClIN4O. The van der Waals surface area contributed by atoms with Crippen LogP contribution >= 0.6 is 35.6 Å². The minimum atomic E-state index is 0. The fourth-order valence-corrected chi connectivity index (χ4v) is 2.39. The maximum atomic E-state index is 5.78. The number of aliphatic imine (C=N–C) groups is 1. The molecule has 0 saturated heterocycles. The number of pyridine rings is 1. The van der Waals surface area contributed by atoms with Gasteiger partial charge >= 0.3 is 0 Å². The molecule has 5 nitrogen and oxygen atoms in total. The van der Waals surface area contributed by atoms with Crippen molar-refractivity contribution in [3.05, 3.63) is 58.9 Å². The van der Waals surface area contributed by atoms with Gasteiger partial charge in [0.2, 0.25) is 0 Å². The number of hydrogen-bond donors (Lipinski definition) is 2. The van der Waals surface area contributed by atoms with E-state index in [1.165, 1.54) is 0 Å². The molecule has 0 aliphatic rings. The summed E-state index contributed by atoms with van der Waals surface area (Å²) in [6.07, 6.45) is 3.56. The lowest BCUT2D eigenvalue weighted by molar-refractivity contribution is 0.309. The van der Waals surface area contributed by atoms with Crippen molar-refractivity contribution in [2.75, 3.05) is 26.7 Å². The monoisotopic (exact) mass is 488 g/mol. The van der Waals surface area contributed by atoms with Gasteiger partial charge in [-0.2, -0.15) is 0 Å². The van der Waals surface area contributed by atoms with Crippen LogP contribution in [0, 0.1) is 6.92 Å². The third-order valence-corrected chi connectivity index (χ3v) is 3.91. The fraction of sp³-hybridized carbons (Fsp3) is 0.368. The zero-order valence-corrected chi connectivity index (χ0v) is 18.3. The van der Waals surface area contributed by atoms with Crippen LogP contribution in [0.2, 0.25) is 5.15 Å². The molecule has 0 spiro atoms. The van der Waals surface area contributed by atoms with Crippen LogP contribution in [0.5, 0.6) is 5.75 Å². The molecule has 2 aromatic rings. The normalized spacial score (nSPS) is 10.8. The Morgan fingerprint density at radius 2 is 1.92 bits per heavy atom. The number of aromatic nitrogens is 1. The fourth-order valence-electron chi connectivity index (χ4n) is 2.28. The average molecular weight is 489 g/mol. The molecule has 0 radical (unpaired) electrons. The van der Waals surface area contributed by atoms with Crippen LogP contribution in [0.15, 0.2) is 47.6 Å². The molecule has 0 atom stereocenters. The first-order valence-corrected chi connectivity index (χ1v) is 8.80. The summed E-state index contributed by atoms with van der Waals surface area (Å²) in [7, 11) is 1.77. The standard InChI is InChI=1S/C19H25ClN4O.HI/c1-15-6-3-4-7-17(15)25-13-5-11-22-19(21-2)23-12-10-16-8-9-18(20)24-14-16;/h3-4,6-9,14H,5,10-13H2,1-2H3,(H2,21,22,23);1H. The number of hydrogen-bond acceptors (Lipinski definition) is 3. The molecule has 0 saturated carbocycles. The van der Waals surface area contributed by atoms with Crippen molar-refractivity contribution in [2.45, 2.75) is 19.8 Å². The Labute approximate surface area is 177 Å². The maximum absolute atomic E-state index is 5.78. The van der Waals surface area contributed by atoms with Crippen LogP contribution < -0.4 is 15.4 Å². The second kappa shape index (κ2) is 12.8. The highest BCUT2D eigenvalue weighted by molar-refractivity contribution is 14.0. The van der Waals surface area contributed by atoms with Crippen LogP contribution in [0.4, 0.5) is 0 Å². The molecule has 142 valence electrons. The molecule has 0 aliphatic heterocycles. The largest absolute Gasteiger partial charge is 0.493 e. The van der Waals surface area contributed by atoms with Crippen LogP contribution in [-0.4, -0.2) is 37.7 Å². The number of ether oxygens (including phenoxy) is 1. The van der Waals surface area contributed by atoms with Crippen LogP contribution in [0.3, 0.4) is 0 Å². The number of rotatable bonds is 8. The lowest BCUT2D eigenvalue weighted by atomic mass is 10.2. The minimum Gasteiger partial charge on any atom is -0.493 e. The predicted molar refractivity (Wildman–Crippen MR) is 119 cm³/mol. The molecule has 0 fully saturated rings. The van der Waals surface area contributed by atoms with Crippen molar-refractivity contribution in [3.8, 4) is 5.75 Å². The van der Waals surface area contributed by atoms with Crippen LogP contribution in [0.1, 0.15) is 17.5 Å². The molecule has 26 heavy (non-hydrogen) atoms. The van der Waals surface area contributed by atoms with Gasteiger partial charge < -0.3 is 15.4 Å². The van der Waals surface area contributed by atoms with Gasteiger partial charge in [-0.25, -0.2) is 4.98 Å². The first-order valence-electron chi connectivity index (χ1n) is 8.42. The Balaban J connectivity index is 0.00000338. The third kappa shape index (κ3) is 8.23. The number of guanidine groups is 1. The highest BCUT2D eigenvalue weighted by Gasteiger charge is 2.00. The van der Waals surface area contributed by atoms with Crippen molar-refractivity contribution in [1.29, 1.82) is 0 Å². The quantitative estimate of drug-likeness (QED) is 0.195. The highest BCUT2D eigenvalue weighted by Crippen LogP contribution is 2.15. The van der Waals surface area contributed by atoms with Gasteiger partial charge in [-0.15, -0.1) is 24.0 Å². The number of halogens is 2. The van der Waals surface area contributed by atoms with E-state index in [0.29, 0.717) is 11.8 Å². The zero-order chi connectivity index (χ0) is 17.9. The molecule has 0 unspecified atom stereocenters. The first-order chi connectivity index (χ1) is 12.2. The van der Waals surface area contributed by atoms with Crippen molar-refractivity contribution in [3.63, 3.8) is 0 Å². The van der Waals surface area contributed by atoms with Gasteiger partial charge in [0.15, 0.2) is 5.96 Å². The Morgan fingerprint density at radius 3 is 2.62 bits per heavy atom. The number of benzene rings is 1. The summed E-state index contributed by atoms with van der Waals surface area (Å²) in [4.78, 5) is 8.30. The summed E-state index contributed by atoms with van der Waals surface area (Å²) in [5.41, 5.74) is 2.30. The van der Waals surface area contributed by atoms with Gasteiger partial charge in [0.05, 0.1) is 6.61 Å². The van der Waals surface area contributed by atoms with Crippen LogP contribution in [-0.2, 0) is 6.42 Å². The van der Waals surface area contributed by atoms with Gasteiger partial charge in [-0.1, -0.05) is 35.9 Å². The molecule has 2 rings (SSSR count). The van der Waals surface area contributed by atoms with E-state index in [9.17, 15) is 0 Å². The number of nitrogens with one attached hydrogen (secondary N) is 2. The van der Waals surface area contributed by atoms with Gasteiger partial charge in [-0.05, 0) is 43.0 Å². The topological polar surface area (TPSA) is 58.5 Å². The minimum absolute atomic E-state index is 0.